The van der Waals surface area contributed by atoms with Gasteiger partial charge in [0.2, 0.25) is 11.8 Å². The molecule has 0 aromatic heterocycles. The fourth-order valence-electron chi connectivity index (χ4n) is 5.14. The Morgan fingerprint density at radius 3 is 2.68 bits per heavy atom. The first-order chi connectivity index (χ1) is 14.6. The highest BCUT2D eigenvalue weighted by molar-refractivity contribution is 6.05. The first-order valence-electron chi connectivity index (χ1n) is 10.2. The number of phenolic OH excluding ortho intramolecular Hbond substituents is 1. The third-order valence-electron chi connectivity index (χ3n) is 6.88. The molecule has 2 aromatic carbocycles. The van der Waals surface area contributed by atoms with Crippen LogP contribution in [0.1, 0.15) is 36.0 Å². The van der Waals surface area contributed by atoms with Crippen LogP contribution in [-0.2, 0) is 21.4 Å². The quantitative estimate of drug-likeness (QED) is 0.648. The van der Waals surface area contributed by atoms with E-state index in [-0.39, 0.29) is 17.4 Å². The van der Waals surface area contributed by atoms with E-state index < -0.39 is 40.8 Å². The first-order valence-corrected chi connectivity index (χ1v) is 10.2. The van der Waals surface area contributed by atoms with Crippen LogP contribution < -0.4 is 11.1 Å². The van der Waals surface area contributed by atoms with E-state index in [0.717, 1.165) is 29.8 Å². The summed E-state index contributed by atoms with van der Waals surface area (Å²) in [5.41, 5.74) is 6.74. The number of hydrogen-bond acceptors (Lipinski definition) is 4. The van der Waals surface area contributed by atoms with Gasteiger partial charge in [0.25, 0.3) is 0 Å². The minimum absolute atomic E-state index is 0.0497. The number of halogens is 2. The van der Waals surface area contributed by atoms with Crippen molar-refractivity contribution in [3.63, 3.8) is 0 Å². The molecular formula is C23H25F2N3O3. The number of hydrogen-bond donors (Lipinski definition) is 3. The lowest BCUT2D eigenvalue weighted by molar-refractivity contribution is -0.131. The Morgan fingerprint density at radius 2 is 2.00 bits per heavy atom. The van der Waals surface area contributed by atoms with E-state index in [9.17, 15) is 23.5 Å². The summed E-state index contributed by atoms with van der Waals surface area (Å²) >= 11 is 0. The van der Waals surface area contributed by atoms with Crippen LogP contribution in [0.15, 0.2) is 36.4 Å². The Labute approximate surface area is 179 Å². The standard InChI is InChI=1S/C23H25F2N3O3/c1-23-7-8-28(2)18(9-12-3-5-14(29)11-16(12)23)20(23)27-22(31)19(21(26)30)15-6-4-13(24)10-17(15)25/h3-6,10-11,18-20,29H,7-9H2,1-2H3,(H2,26,30)(H,27,31)/t18-,19?,20+,23+/m1/s1. The van der Waals surface area contributed by atoms with Gasteiger partial charge in [0.1, 0.15) is 23.3 Å². The normalized spacial score (nSPS) is 26.1. The molecule has 8 heteroatoms. The summed E-state index contributed by atoms with van der Waals surface area (Å²) < 4.78 is 27.7. The highest BCUT2D eigenvalue weighted by atomic mass is 19.1. The molecule has 0 saturated carbocycles. The van der Waals surface area contributed by atoms with E-state index in [2.05, 4.69) is 10.2 Å². The maximum Gasteiger partial charge on any atom is 0.237 e. The minimum Gasteiger partial charge on any atom is -0.508 e. The first kappa shape index (κ1) is 21.2. The monoisotopic (exact) mass is 429 g/mol. The van der Waals surface area contributed by atoms with Gasteiger partial charge in [-0.3, -0.25) is 9.59 Å². The van der Waals surface area contributed by atoms with Crippen molar-refractivity contribution in [1.29, 1.82) is 0 Å². The molecule has 1 fully saturated rings. The Balaban J connectivity index is 1.71. The van der Waals surface area contributed by atoms with Gasteiger partial charge >= 0.3 is 0 Å². The van der Waals surface area contributed by atoms with Crippen LogP contribution in [0.5, 0.6) is 5.75 Å². The largest absolute Gasteiger partial charge is 0.508 e. The van der Waals surface area contributed by atoms with Crippen LogP contribution in [0.2, 0.25) is 0 Å². The molecule has 6 nitrogen and oxygen atoms in total. The summed E-state index contributed by atoms with van der Waals surface area (Å²) in [7, 11) is 1.97. The third kappa shape index (κ3) is 3.54. The molecule has 31 heavy (non-hydrogen) atoms. The van der Waals surface area contributed by atoms with Gasteiger partial charge in [0.05, 0.1) is 6.04 Å². The van der Waals surface area contributed by atoms with Crippen LogP contribution in [0.4, 0.5) is 8.78 Å². The predicted molar refractivity (Wildman–Crippen MR) is 110 cm³/mol. The van der Waals surface area contributed by atoms with E-state index in [1.54, 1.807) is 12.1 Å². The number of primary amides is 1. The van der Waals surface area contributed by atoms with Gasteiger partial charge in [-0.2, -0.15) is 0 Å². The zero-order valence-electron chi connectivity index (χ0n) is 17.4. The lowest BCUT2D eigenvalue weighted by atomic mass is 9.61. The van der Waals surface area contributed by atoms with Crippen LogP contribution in [0.3, 0.4) is 0 Å². The molecule has 1 aliphatic carbocycles. The summed E-state index contributed by atoms with van der Waals surface area (Å²) in [6, 6.07) is 7.52. The van der Waals surface area contributed by atoms with E-state index in [0.29, 0.717) is 18.9 Å². The molecule has 1 saturated heterocycles. The number of carbonyl (C=O) groups is 2. The predicted octanol–water partition coefficient (Wildman–Crippen LogP) is 1.94. The number of phenols is 1. The SMILES string of the molecule is CN1CC[C@@]2(C)c3cc(O)ccc3C[C@@H]1[C@@H]2NC(=O)C(C(N)=O)c1ccc(F)cc1F. The maximum absolute atomic E-state index is 14.3. The van der Waals surface area contributed by atoms with Gasteiger partial charge < -0.3 is 21.1 Å². The maximum atomic E-state index is 14.3. The second kappa shape index (κ2) is 7.60. The molecule has 2 bridgehead atoms. The van der Waals surface area contributed by atoms with E-state index in [4.69, 9.17) is 5.73 Å². The van der Waals surface area contributed by atoms with Crippen molar-refractivity contribution >= 4 is 11.8 Å². The number of nitrogens with zero attached hydrogens (tertiary/aromatic N) is 1. The Kier molecular flexibility index (Phi) is 5.21. The highest BCUT2D eigenvalue weighted by Gasteiger charge is 2.51. The number of nitrogens with one attached hydrogen (secondary N) is 1. The fourth-order valence-corrected chi connectivity index (χ4v) is 5.14. The van der Waals surface area contributed by atoms with Gasteiger partial charge in [-0.25, -0.2) is 8.78 Å². The molecule has 0 spiro atoms. The summed E-state index contributed by atoms with van der Waals surface area (Å²) in [5, 5.41) is 13.0. The number of amides is 2. The van der Waals surface area contributed by atoms with Gasteiger partial charge in [0.15, 0.2) is 0 Å². The third-order valence-corrected chi connectivity index (χ3v) is 6.88. The number of piperidine rings is 1. The minimum atomic E-state index is -1.58. The Hall–Kier alpha value is -3.00. The van der Waals surface area contributed by atoms with Crippen molar-refractivity contribution in [3.8, 4) is 5.75 Å². The second-order valence-corrected chi connectivity index (χ2v) is 8.75. The van der Waals surface area contributed by atoms with Crippen molar-refractivity contribution in [2.24, 2.45) is 5.73 Å². The zero-order valence-corrected chi connectivity index (χ0v) is 17.4. The zero-order chi connectivity index (χ0) is 22.5. The lowest BCUT2D eigenvalue weighted by Gasteiger charge is -2.54. The lowest BCUT2D eigenvalue weighted by Crippen LogP contribution is -2.67. The summed E-state index contributed by atoms with van der Waals surface area (Å²) in [5.74, 6) is -4.98. The van der Waals surface area contributed by atoms with Gasteiger partial charge in [-0.15, -0.1) is 0 Å². The van der Waals surface area contributed by atoms with Gasteiger partial charge in [-0.05, 0) is 55.8 Å². The van der Waals surface area contributed by atoms with Crippen molar-refractivity contribution in [1.82, 2.24) is 10.2 Å². The molecule has 2 aromatic rings. The second-order valence-electron chi connectivity index (χ2n) is 8.75. The summed E-state index contributed by atoms with van der Waals surface area (Å²) in [6.07, 6.45) is 1.37. The molecule has 1 heterocycles. The number of likely N-dealkylation sites (tertiary alicyclic amines) is 1. The number of benzene rings is 2. The number of aromatic hydroxyl groups is 1. The molecular weight excluding hydrogens is 404 g/mol. The van der Waals surface area contributed by atoms with Crippen LogP contribution in [0.25, 0.3) is 0 Å². The Bertz CT molecular complexity index is 1060. The number of fused-ring (bicyclic) bond motifs is 4. The highest BCUT2D eigenvalue weighted by Crippen LogP contribution is 2.45. The summed E-state index contributed by atoms with van der Waals surface area (Å²) in [6.45, 7) is 2.82. The van der Waals surface area contributed by atoms with Crippen molar-refractivity contribution in [3.05, 3.63) is 64.7 Å². The van der Waals surface area contributed by atoms with Crippen LogP contribution in [-0.4, -0.2) is 47.5 Å². The molecule has 4 atom stereocenters. The van der Waals surface area contributed by atoms with Crippen molar-refractivity contribution in [2.75, 3.05) is 13.6 Å². The van der Waals surface area contributed by atoms with Crippen LogP contribution >= 0.6 is 0 Å². The topological polar surface area (TPSA) is 95.7 Å². The van der Waals surface area contributed by atoms with E-state index >= 15 is 0 Å². The average molecular weight is 429 g/mol. The van der Waals surface area contributed by atoms with E-state index in [1.807, 2.05) is 20.0 Å². The molecule has 4 N–H and O–H groups in total. The number of rotatable bonds is 4. The van der Waals surface area contributed by atoms with Crippen LogP contribution in [0, 0.1) is 11.6 Å². The molecule has 2 aliphatic rings. The molecule has 1 unspecified atom stereocenters. The molecule has 0 radical (unpaired) electrons. The molecule has 1 aliphatic heterocycles. The molecule has 4 rings (SSSR count). The van der Waals surface area contributed by atoms with E-state index in [1.165, 1.54) is 0 Å². The van der Waals surface area contributed by atoms with Crippen molar-refractivity contribution < 1.29 is 23.5 Å². The molecule has 164 valence electrons. The number of carbonyl (C=O) groups excluding carboxylic acids is 2. The van der Waals surface area contributed by atoms with Gasteiger partial charge in [0, 0.05) is 23.1 Å². The van der Waals surface area contributed by atoms with Gasteiger partial charge in [-0.1, -0.05) is 19.1 Å². The smallest absolute Gasteiger partial charge is 0.237 e. The fraction of sp³-hybridized carbons (Fsp3) is 0.391. The number of nitrogens with two attached hydrogens (primary N) is 1. The Morgan fingerprint density at radius 1 is 1.26 bits per heavy atom. The van der Waals surface area contributed by atoms with Crippen molar-refractivity contribution in [2.45, 2.75) is 43.2 Å². The summed E-state index contributed by atoms with van der Waals surface area (Å²) in [4.78, 5) is 27.5. The average Bonchev–Trinajstić information content (AvgIpc) is 2.69. The molecule has 2 amide bonds. The number of likely N-dealkylation sites (N-methyl/N-ethyl adjacent to an activating group) is 1.